The van der Waals surface area contributed by atoms with Gasteiger partial charge in [0, 0.05) is 23.9 Å². The van der Waals surface area contributed by atoms with Gasteiger partial charge in [-0.05, 0) is 37.3 Å². The zero-order valence-electron chi connectivity index (χ0n) is 11.7. The molecule has 0 spiro atoms. The van der Waals surface area contributed by atoms with Crippen LogP contribution in [0, 0.1) is 23.0 Å². The van der Waals surface area contributed by atoms with Gasteiger partial charge in [0.2, 0.25) is 0 Å². The van der Waals surface area contributed by atoms with Crippen LogP contribution in [-0.2, 0) is 0 Å². The third-order valence-corrected chi connectivity index (χ3v) is 3.99. The molecule has 1 aliphatic carbocycles. The van der Waals surface area contributed by atoms with Gasteiger partial charge in [-0.15, -0.1) is 0 Å². The molecule has 1 saturated carbocycles. The Labute approximate surface area is 114 Å². The van der Waals surface area contributed by atoms with Gasteiger partial charge in [0.15, 0.2) is 0 Å². The van der Waals surface area contributed by atoms with E-state index in [1.54, 1.807) is 12.1 Å². The predicted octanol–water partition coefficient (Wildman–Crippen LogP) is 4.28. The molecule has 2 atom stereocenters. The molecule has 2 unspecified atom stereocenters. The van der Waals surface area contributed by atoms with Crippen molar-refractivity contribution in [1.29, 1.82) is 0 Å². The summed E-state index contributed by atoms with van der Waals surface area (Å²) in [5.74, 6) is 0.627. The minimum atomic E-state index is -0.325. The number of rotatable bonds is 3. The van der Waals surface area contributed by atoms with Crippen LogP contribution >= 0.6 is 0 Å². The number of nitro groups is 1. The molecule has 1 aliphatic rings. The number of nitrogens with zero attached hydrogens (tertiary/aromatic N) is 1. The Morgan fingerprint density at radius 3 is 2.68 bits per heavy atom. The molecule has 0 amide bonds. The van der Waals surface area contributed by atoms with Crippen LogP contribution in [0.2, 0.25) is 0 Å². The first-order valence-corrected chi connectivity index (χ1v) is 7.09. The summed E-state index contributed by atoms with van der Waals surface area (Å²) in [6, 6.07) is 5.68. The Morgan fingerprint density at radius 2 is 1.95 bits per heavy atom. The molecular weight excluding hydrogens is 240 g/mol. The first kappa shape index (κ1) is 13.8. The van der Waals surface area contributed by atoms with Crippen molar-refractivity contribution in [3.63, 3.8) is 0 Å². The van der Waals surface area contributed by atoms with E-state index in [2.05, 4.69) is 12.2 Å². The maximum atomic E-state index is 10.9. The monoisotopic (exact) mass is 262 g/mol. The van der Waals surface area contributed by atoms with Crippen molar-refractivity contribution >= 4 is 11.4 Å². The highest BCUT2D eigenvalue weighted by molar-refractivity contribution is 5.54. The number of benzene rings is 1. The Bertz CT molecular complexity index is 459. The van der Waals surface area contributed by atoms with Crippen molar-refractivity contribution in [2.24, 2.45) is 5.92 Å². The van der Waals surface area contributed by atoms with Crippen LogP contribution in [0.15, 0.2) is 18.2 Å². The first-order chi connectivity index (χ1) is 9.06. The van der Waals surface area contributed by atoms with Gasteiger partial charge in [-0.3, -0.25) is 10.1 Å². The summed E-state index contributed by atoms with van der Waals surface area (Å²) in [4.78, 5) is 10.6. The molecule has 0 heterocycles. The summed E-state index contributed by atoms with van der Waals surface area (Å²) in [6.07, 6.45) is 6.24. The Hall–Kier alpha value is -1.58. The number of aryl methyl sites for hydroxylation is 1. The van der Waals surface area contributed by atoms with Crippen LogP contribution in [0.25, 0.3) is 0 Å². The Kier molecular flexibility index (Phi) is 4.40. The smallest absolute Gasteiger partial charge is 0.271 e. The van der Waals surface area contributed by atoms with Gasteiger partial charge in [0.1, 0.15) is 0 Å². The van der Waals surface area contributed by atoms with E-state index in [4.69, 9.17) is 0 Å². The highest BCUT2D eigenvalue weighted by Gasteiger charge is 2.20. The highest BCUT2D eigenvalue weighted by atomic mass is 16.6. The summed E-state index contributed by atoms with van der Waals surface area (Å²) in [5, 5.41) is 14.4. The third kappa shape index (κ3) is 3.69. The normalized spacial score (nSPS) is 23.7. The molecular formula is C15H22N2O2. The molecule has 4 nitrogen and oxygen atoms in total. The summed E-state index contributed by atoms with van der Waals surface area (Å²) >= 11 is 0. The minimum absolute atomic E-state index is 0.170. The summed E-state index contributed by atoms with van der Waals surface area (Å²) in [6.45, 7) is 4.17. The first-order valence-electron chi connectivity index (χ1n) is 7.09. The maximum Gasteiger partial charge on any atom is 0.271 e. The number of hydrogen-bond acceptors (Lipinski definition) is 3. The second-order valence-corrected chi connectivity index (χ2v) is 5.68. The van der Waals surface area contributed by atoms with Crippen molar-refractivity contribution < 1.29 is 4.92 Å². The van der Waals surface area contributed by atoms with E-state index in [1.165, 1.54) is 25.7 Å². The molecule has 1 aromatic rings. The standard InChI is InChI=1S/C15H22N2O2/c1-11-8-13(10-14(9-11)17(18)19)16-15-7-5-3-4-6-12(15)2/h8-10,12,15-16H,3-7H2,1-2H3. The molecule has 0 bridgehead atoms. The second-order valence-electron chi connectivity index (χ2n) is 5.68. The molecule has 1 fully saturated rings. The number of anilines is 1. The van der Waals surface area contributed by atoms with Gasteiger partial charge in [-0.1, -0.05) is 26.2 Å². The topological polar surface area (TPSA) is 55.2 Å². The van der Waals surface area contributed by atoms with Crippen LogP contribution in [0.5, 0.6) is 0 Å². The van der Waals surface area contributed by atoms with Gasteiger partial charge in [0.05, 0.1) is 4.92 Å². The Morgan fingerprint density at radius 1 is 1.21 bits per heavy atom. The van der Waals surface area contributed by atoms with E-state index < -0.39 is 0 Å². The summed E-state index contributed by atoms with van der Waals surface area (Å²) in [7, 11) is 0. The zero-order chi connectivity index (χ0) is 13.8. The lowest BCUT2D eigenvalue weighted by Gasteiger charge is -2.24. The van der Waals surface area contributed by atoms with E-state index in [9.17, 15) is 10.1 Å². The molecule has 0 radical (unpaired) electrons. The van der Waals surface area contributed by atoms with Crippen molar-refractivity contribution in [3.05, 3.63) is 33.9 Å². The second kappa shape index (κ2) is 6.04. The Balaban J connectivity index is 2.15. The van der Waals surface area contributed by atoms with E-state index in [1.807, 2.05) is 13.0 Å². The number of nitro benzene ring substituents is 1. The lowest BCUT2D eigenvalue weighted by Crippen LogP contribution is -2.26. The number of non-ortho nitro benzene ring substituents is 1. The number of hydrogen-bond donors (Lipinski definition) is 1. The molecule has 19 heavy (non-hydrogen) atoms. The molecule has 0 aromatic heterocycles. The fourth-order valence-corrected chi connectivity index (χ4v) is 2.87. The molecule has 0 saturated heterocycles. The van der Waals surface area contributed by atoms with Crippen LogP contribution in [0.3, 0.4) is 0 Å². The largest absolute Gasteiger partial charge is 0.382 e. The summed E-state index contributed by atoms with van der Waals surface area (Å²) in [5.41, 5.74) is 1.98. The number of nitrogens with one attached hydrogen (secondary N) is 1. The van der Waals surface area contributed by atoms with Crippen LogP contribution in [0.1, 0.15) is 44.6 Å². The third-order valence-electron chi connectivity index (χ3n) is 3.99. The van der Waals surface area contributed by atoms with Crippen LogP contribution < -0.4 is 5.32 Å². The van der Waals surface area contributed by atoms with E-state index in [-0.39, 0.29) is 10.6 Å². The van der Waals surface area contributed by atoms with Crippen LogP contribution in [-0.4, -0.2) is 11.0 Å². The van der Waals surface area contributed by atoms with E-state index in [0.717, 1.165) is 17.7 Å². The van der Waals surface area contributed by atoms with Crippen molar-refractivity contribution in [3.8, 4) is 0 Å². The molecule has 4 heteroatoms. The zero-order valence-corrected chi connectivity index (χ0v) is 11.7. The SMILES string of the molecule is Cc1cc(NC2CCCCCC2C)cc([N+](=O)[O-])c1. The van der Waals surface area contributed by atoms with Crippen molar-refractivity contribution in [2.45, 2.75) is 52.0 Å². The van der Waals surface area contributed by atoms with Gasteiger partial charge in [0.25, 0.3) is 5.69 Å². The van der Waals surface area contributed by atoms with Gasteiger partial charge in [-0.25, -0.2) is 0 Å². The van der Waals surface area contributed by atoms with E-state index in [0.29, 0.717) is 12.0 Å². The lowest BCUT2D eigenvalue weighted by molar-refractivity contribution is -0.384. The van der Waals surface area contributed by atoms with Crippen molar-refractivity contribution in [1.82, 2.24) is 0 Å². The van der Waals surface area contributed by atoms with Crippen LogP contribution in [0.4, 0.5) is 11.4 Å². The summed E-state index contributed by atoms with van der Waals surface area (Å²) < 4.78 is 0. The molecule has 2 rings (SSSR count). The molecule has 0 aliphatic heterocycles. The molecule has 1 N–H and O–H groups in total. The molecule has 104 valence electrons. The maximum absolute atomic E-state index is 10.9. The van der Waals surface area contributed by atoms with Gasteiger partial charge >= 0.3 is 0 Å². The average molecular weight is 262 g/mol. The predicted molar refractivity (Wildman–Crippen MR) is 77.5 cm³/mol. The highest BCUT2D eigenvalue weighted by Crippen LogP contribution is 2.28. The average Bonchev–Trinajstić information content (AvgIpc) is 2.54. The minimum Gasteiger partial charge on any atom is -0.382 e. The van der Waals surface area contributed by atoms with Crippen molar-refractivity contribution in [2.75, 3.05) is 5.32 Å². The van der Waals surface area contributed by atoms with Gasteiger partial charge in [-0.2, -0.15) is 0 Å². The fraction of sp³-hybridized carbons (Fsp3) is 0.600. The molecule has 1 aromatic carbocycles. The fourth-order valence-electron chi connectivity index (χ4n) is 2.87. The quantitative estimate of drug-likeness (QED) is 0.502. The lowest BCUT2D eigenvalue weighted by atomic mass is 9.96. The van der Waals surface area contributed by atoms with E-state index >= 15 is 0 Å². The van der Waals surface area contributed by atoms with Gasteiger partial charge < -0.3 is 5.32 Å².